The van der Waals surface area contributed by atoms with E-state index in [1.807, 2.05) is 0 Å². The van der Waals surface area contributed by atoms with Crippen molar-refractivity contribution in [1.29, 1.82) is 0 Å². The predicted molar refractivity (Wildman–Crippen MR) is 75.2 cm³/mol. The number of hydrogen-bond donors (Lipinski definition) is 2. The van der Waals surface area contributed by atoms with Gasteiger partial charge in [0.2, 0.25) is 5.91 Å². The Morgan fingerprint density at radius 1 is 1.35 bits per heavy atom. The van der Waals surface area contributed by atoms with E-state index in [0.717, 1.165) is 18.6 Å². The van der Waals surface area contributed by atoms with Gasteiger partial charge in [0.05, 0.1) is 5.75 Å². The van der Waals surface area contributed by atoms with Gasteiger partial charge < -0.3 is 11.1 Å². The molecule has 3 N–H and O–H groups in total. The van der Waals surface area contributed by atoms with E-state index in [1.54, 1.807) is 11.8 Å². The van der Waals surface area contributed by atoms with Crippen LogP contribution in [0, 0.1) is 5.92 Å². The van der Waals surface area contributed by atoms with E-state index in [1.165, 1.54) is 25.7 Å². The Kier molecular flexibility index (Phi) is 7.69. The topological polar surface area (TPSA) is 55.1 Å². The molecule has 0 bridgehead atoms. The summed E-state index contributed by atoms with van der Waals surface area (Å²) >= 11 is 1.70. The van der Waals surface area contributed by atoms with Crippen LogP contribution in [0.15, 0.2) is 0 Å². The molecule has 0 heterocycles. The highest BCUT2D eigenvalue weighted by molar-refractivity contribution is 7.99. The average Bonchev–Trinajstić information content (AvgIpc) is 2.57. The molecule has 0 aromatic carbocycles. The van der Waals surface area contributed by atoms with Crippen LogP contribution in [0.1, 0.15) is 45.4 Å². The highest BCUT2D eigenvalue weighted by Gasteiger charge is 2.14. The fraction of sp³-hybridized carbons (Fsp3) is 0.923. The van der Waals surface area contributed by atoms with Crippen molar-refractivity contribution < 1.29 is 4.79 Å². The number of nitrogens with one attached hydrogen (secondary N) is 1. The molecule has 1 rings (SSSR count). The van der Waals surface area contributed by atoms with Gasteiger partial charge in [-0.3, -0.25) is 4.79 Å². The molecule has 1 saturated carbocycles. The number of thioether (sulfide) groups is 1. The quantitative estimate of drug-likeness (QED) is 0.718. The Hall–Kier alpha value is -0.220. The molecule has 1 amide bonds. The van der Waals surface area contributed by atoms with E-state index >= 15 is 0 Å². The van der Waals surface area contributed by atoms with Crippen LogP contribution in [0.5, 0.6) is 0 Å². The van der Waals surface area contributed by atoms with Gasteiger partial charge in [-0.2, -0.15) is 11.8 Å². The standard InChI is InChI=1S/C13H26N2OS/c1-11(8-14)9-17-10-13(16)15-12-6-4-2-3-5-7-12/h11-12H,2-10,14H2,1H3,(H,15,16). The van der Waals surface area contributed by atoms with Gasteiger partial charge in [-0.05, 0) is 31.1 Å². The lowest BCUT2D eigenvalue weighted by Gasteiger charge is -2.16. The zero-order chi connectivity index (χ0) is 12.5. The summed E-state index contributed by atoms with van der Waals surface area (Å²) in [6.45, 7) is 2.83. The molecular weight excluding hydrogens is 232 g/mol. The number of hydrogen-bond acceptors (Lipinski definition) is 3. The number of carbonyl (C=O) groups is 1. The average molecular weight is 258 g/mol. The first-order valence-electron chi connectivity index (χ1n) is 6.79. The van der Waals surface area contributed by atoms with Crippen molar-refractivity contribution >= 4 is 17.7 Å². The van der Waals surface area contributed by atoms with Gasteiger partial charge in [-0.1, -0.05) is 32.6 Å². The maximum absolute atomic E-state index is 11.7. The first-order valence-corrected chi connectivity index (χ1v) is 7.95. The Morgan fingerprint density at radius 3 is 2.59 bits per heavy atom. The van der Waals surface area contributed by atoms with Crippen molar-refractivity contribution in [3.05, 3.63) is 0 Å². The lowest BCUT2D eigenvalue weighted by Crippen LogP contribution is -2.35. The second-order valence-corrected chi connectivity index (χ2v) is 6.14. The zero-order valence-electron chi connectivity index (χ0n) is 10.9. The molecule has 1 unspecified atom stereocenters. The van der Waals surface area contributed by atoms with Gasteiger partial charge in [0.1, 0.15) is 0 Å². The van der Waals surface area contributed by atoms with Gasteiger partial charge in [0.25, 0.3) is 0 Å². The number of carbonyl (C=O) groups excluding carboxylic acids is 1. The minimum absolute atomic E-state index is 0.200. The minimum Gasteiger partial charge on any atom is -0.353 e. The molecule has 4 heteroatoms. The summed E-state index contributed by atoms with van der Waals surface area (Å²) in [5.41, 5.74) is 5.54. The summed E-state index contributed by atoms with van der Waals surface area (Å²) in [7, 11) is 0. The van der Waals surface area contributed by atoms with Crippen molar-refractivity contribution in [3.63, 3.8) is 0 Å². The molecular formula is C13H26N2OS. The molecule has 3 nitrogen and oxygen atoms in total. The third kappa shape index (κ3) is 6.94. The molecule has 0 saturated heterocycles. The molecule has 1 aliphatic rings. The van der Waals surface area contributed by atoms with Crippen molar-refractivity contribution in [1.82, 2.24) is 5.32 Å². The third-order valence-electron chi connectivity index (χ3n) is 3.26. The van der Waals surface area contributed by atoms with Crippen LogP contribution in [0.25, 0.3) is 0 Å². The zero-order valence-corrected chi connectivity index (χ0v) is 11.7. The largest absolute Gasteiger partial charge is 0.353 e. The third-order valence-corrected chi connectivity index (χ3v) is 4.53. The Bertz CT molecular complexity index is 215. The van der Waals surface area contributed by atoms with Gasteiger partial charge in [0.15, 0.2) is 0 Å². The summed E-state index contributed by atoms with van der Waals surface area (Å²) in [5, 5.41) is 3.16. The van der Waals surface area contributed by atoms with Gasteiger partial charge in [0, 0.05) is 6.04 Å². The fourth-order valence-corrected chi connectivity index (χ4v) is 3.04. The van der Waals surface area contributed by atoms with Crippen LogP contribution in [0.4, 0.5) is 0 Å². The van der Waals surface area contributed by atoms with Crippen molar-refractivity contribution in [2.75, 3.05) is 18.1 Å². The summed E-state index contributed by atoms with van der Waals surface area (Å²) in [6.07, 6.45) is 7.51. The molecule has 0 aromatic heterocycles. The lowest BCUT2D eigenvalue weighted by molar-refractivity contribution is -0.119. The van der Waals surface area contributed by atoms with E-state index in [9.17, 15) is 4.79 Å². The lowest BCUT2D eigenvalue weighted by atomic mass is 10.1. The summed E-state index contributed by atoms with van der Waals surface area (Å²) < 4.78 is 0. The van der Waals surface area contributed by atoms with Crippen LogP contribution < -0.4 is 11.1 Å². The second kappa shape index (κ2) is 8.81. The highest BCUT2D eigenvalue weighted by Crippen LogP contribution is 2.17. The normalized spacial score (nSPS) is 19.6. The van der Waals surface area contributed by atoms with E-state index in [-0.39, 0.29) is 5.91 Å². The summed E-state index contributed by atoms with van der Waals surface area (Å²) in [6, 6.07) is 0.428. The van der Waals surface area contributed by atoms with Gasteiger partial charge in [-0.15, -0.1) is 0 Å². The van der Waals surface area contributed by atoms with Crippen LogP contribution in [-0.2, 0) is 4.79 Å². The molecule has 100 valence electrons. The van der Waals surface area contributed by atoms with Crippen LogP contribution in [0.2, 0.25) is 0 Å². The molecule has 1 atom stereocenters. The van der Waals surface area contributed by atoms with Crippen LogP contribution >= 0.6 is 11.8 Å². The Morgan fingerprint density at radius 2 is 2.00 bits per heavy atom. The minimum atomic E-state index is 0.200. The number of amides is 1. The molecule has 1 fully saturated rings. The number of rotatable bonds is 6. The fourth-order valence-electron chi connectivity index (χ4n) is 2.11. The summed E-state index contributed by atoms with van der Waals surface area (Å²) in [5.74, 6) is 2.27. The number of nitrogens with two attached hydrogens (primary N) is 1. The van der Waals surface area contributed by atoms with E-state index in [4.69, 9.17) is 5.73 Å². The van der Waals surface area contributed by atoms with E-state index in [2.05, 4.69) is 12.2 Å². The maximum Gasteiger partial charge on any atom is 0.230 e. The Labute approximate surface area is 109 Å². The Balaban J connectivity index is 2.10. The predicted octanol–water partition coefficient (Wildman–Crippen LogP) is 2.15. The maximum atomic E-state index is 11.7. The SMILES string of the molecule is CC(CN)CSCC(=O)NC1CCCCCC1. The molecule has 17 heavy (non-hydrogen) atoms. The van der Waals surface area contributed by atoms with Crippen LogP contribution in [0.3, 0.4) is 0 Å². The molecule has 0 spiro atoms. The molecule has 0 aromatic rings. The van der Waals surface area contributed by atoms with Crippen molar-refractivity contribution in [2.24, 2.45) is 11.7 Å². The molecule has 0 aliphatic heterocycles. The van der Waals surface area contributed by atoms with Crippen molar-refractivity contribution in [3.8, 4) is 0 Å². The smallest absolute Gasteiger partial charge is 0.230 e. The first kappa shape index (κ1) is 14.8. The van der Waals surface area contributed by atoms with E-state index in [0.29, 0.717) is 24.3 Å². The monoisotopic (exact) mass is 258 g/mol. The van der Waals surface area contributed by atoms with Crippen molar-refractivity contribution in [2.45, 2.75) is 51.5 Å². The van der Waals surface area contributed by atoms with Gasteiger partial charge in [-0.25, -0.2) is 0 Å². The molecule has 0 radical (unpaired) electrons. The van der Waals surface area contributed by atoms with Crippen LogP contribution in [-0.4, -0.2) is 30.0 Å². The second-order valence-electron chi connectivity index (χ2n) is 5.11. The van der Waals surface area contributed by atoms with Gasteiger partial charge >= 0.3 is 0 Å². The van der Waals surface area contributed by atoms with E-state index < -0.39 is 0 Å². The first-order chi connectivity index (χ1) is 8.22. The highest BCUT2D eigenvalue weighted by atomic mass is 32.2. The molecule has 1 aliphatic carbocycles. The summed E-state index contributed by atoms with van der Waals surface area (Å²) in [4.78, 5) is 11.7.